The molecule has 1 N–H and O–H groups in total. The first kappa shape index (κ1) is 16.5. The lowest BCUT2D eigenvalue weighted by Crippen LogP contribution is -2.53. The average molecular weight is 316 g/mol. The van der Waals surface area contributed by atoms with E-state index in [9.17, 15) is 9.90 Å². The first-order chi connectivity index (χ1) is 10.7. The zero-order valence-electron chi connectivity index (χ0n) is 14.9. The van der Waals surface area contributed by atoms with Crippen molar-refractivity contribution in [3.8, 4) is 5.75 Å². The minimum atomic E-state index is -0.236. The van der Waals surface area contributed by atoms with Crippen LogP contribution in [0, 0.1) is 11.3 Å². The van der Waals surface area contributed by atoms with Crippen LogP contribution in [0.2, 0.25) is 0 Å². The number of fused-ring (bicyclic) bond motifs is 3. The molecular weight excluding hydrogens is 288 g/mol. The average Bonchev–Trinajstić information content (AvgIpc) is 2.50. The molecule has 0 spiro atoms. The van der Waals surface area contributed by atoms with Crippen molar-refractivity contribution < 1.29 is 14.6 Å². The number of carbonyl (C=O) groups is 1. The van der Waals surface area contributed by atoms with Crippen LogP contribution >= 0.6 is 0 Å². The van der Waals surface area contributed by atoms with Gasteiger partial charge in [0.2, 0.25) is 0 Å². The lowest BCUT2D eigenvalue weighted by atomic mass is 9.49. The molecule has 0 radical (unpaired) electrons. The molecule has 126 valence electrons. The predicted molar refractivity (Wildman–Crippen MR) is 91.2 cm³/mol. The molecule has 0 heterocycles. The molecule has 0 bridgehead atoms. The number of hydrogen-bond donors (Lipinski definition) is 1. The smallest absolute Gasteiger partial charge is 0.163 e. The van der Waals surface area contributed by atoms with Crippen LogP contribution in [0.1, 0.15) is 68.4 Å². The van der Waals surface area contributed by atoms with Crippen molar-refractivity contribution in [3.63, 3.8) is 0 Å². The minimum absolute atomic E-state index is 0.0406. The number of aliphatic hydroxyl groups excluding tert-OH is 1. The molecule has 0 unspecified atom stereocenters. The van der Waals surface area contributed by atoms with Gasteiger partial charge in [-0.1, -0.05) is 20.8 Å². The van der Waals surface area contributed by atoms with Crippen LogP contribution in [-0.4, -0.2) is 24.1 Å². The Labute approximate surface area is 139 Å². The van der Waals surface area contributed by atoms with Gasteiger partial charge in [0.1, 0.15) is 5.75 Å². The zero-order chi connectivity index (χ0) is 17.0. The molecule has 0 aliphatic heterocycles. The standard InChI is InChI=1S/C20H28O3/c1-12(21)14-10-13-6-7-17-19(2,3)18(22)8-9-20(17,4)15(13)11-16(14)23-5/h10-11,17-18,22H,6-9H2,1-5H3/t17-,18-,20+/m0/s1. The number of benzene rings is 1. The lowest BCUT2D eigenvalue weighted by molar-refractivity contribution is -0.0731. The highest BCUT2D eigenvalue weighted by Gasteiger charge is 2.53. The molecule has 1 fully saturated rings. The summed E-state index contributed by atoms with van der Waals surface area (Å²) in [5, 5.41) is 10.5. The van der Waals surface area contributed by atoms with E-state index in [1.165, 1.54) is 11.1 Å². The summed E-state index contributed by atoms with van der Waals surface area (Å²) in [5.41, 5.74) is 3.23. The molecule has 0 amide bonds. The Morgan fingerprint density at radius 1 is 1.26 bits per heavy atom. The quantitative estimate of drug-likeness (QED) is 0.842. The van der Waals surface area contributed by atoms with E-state index in [4.69, 9.17) is 4.74 Å². The van der Waals surface area contributed by atoms with Crippen molar-refractivity contribution in [2.75, 3.05) is 7.11 Å². The van der Waals surface area contributed by atoms with Gasteiger partial charge in [-0.15, -0.1) is 0 Å². The van der Waals surface area contributed by atoms with Gasteiger partial charge >= 0.3 is 0 Å². The third-order valence-corrected chi connectivity index (χ3v) is 6.59. The SMILES string of the molecule is COc1cc2c(cc1C(C)=O)CC[C@H]1C(C)(C)[C@@H](O)CC[C@]21C. The Balaban J connectivity index is 2.15. The molecule has 3 heteroatoms. The van der Waals surface area contributed by atoms with Crippen LogP contribution in [0.3, 0.4) is 0 Å². The third kappa shape index (κ3) is 2.32. The molecule has 1 aromatic rings. The van der Waals surface area contributed by atoms with Crippen LogP contribution in [-0.2, 0) is 11.8 Å². The summed E-state index contributed by atoms with van der Waals surface area (Å²) in [5.74, 6) is 1.18. The Bertz CT molecular complexity index is 647. The van der Waals surface area contributed by atoms with Gasteiger partial charge in [0, 0.05) is 0 Å². The fraction of sp³-hybridized carbons (Fsp3) is 0.650. The third-order valence-electron chi connectivity index (χ3n) is 6.59. The van der Waals surface area contributed by atoms with E-state index in [0.29, 0.717) is 17.2 Å². The normalized spacial score (nSPS) is 31.9. The summed E-state index contributed by atoms with van der Waals surface area (Å²) < 4.78 is 5.50. The molecule has 23 heavy (non-hydrogen) atoms. The fourth-order valence-corrected chi connectivity index (χ4v) is 5.16. The molecule has 0 aromatic heterocycles. The lowest BCUT2D eigenvalue weighted by Gasteiger charge is -2.56. The van der Waals surface area contributed by atoms with Crippen molar-refractivity contribution in [1.29, 1.82) is 0 Å². The summed E-state index contributed by atoms with van der Waals surface area (Å²) >= 11 is 0. The number of methoxy groups -OCH3 is 1. The zero-order valence-corrected chi connectivity index (χ0v) is 14.9. The van der Waals surface area contributed by atoms with Gasteiger partial charge in [-0.25, -0.2) is 0 Å². The van der Waals surface area contributed by atoms with E-state index in [1.54, 1.807) is 14.0 Å². The van der Waals surface area contributed by atoms with Crippen molar-refractivity contribution >= 4 is 5.78 Å². The van der Waals surface area contributed by atoms with Gasteiger partial charge in [0.05, 0.1) is 18.8 Å². The summed E-state index contributed by atoms with van der Waals surface area (Å²) in [6, 6.07) is 4.13. The Kier molecular flexibility index (Phi) is 3.83. The molecule has 0 saturated heterocycles. The highest BCUT2D eigenvalue weighted by molar-refractivity contribution is 5.97. The Morgan fingerprint density at radius 2 is 1.96 bits per heavy atom. The fourth-order valence-electron chi connectivity index (χ4n) is 5.16. The van der Waals surface area contributed by atoms with Crippen LogP contribution in [0.15, 0.2) is 12.1 Å². The van der Waals surface area contributed by atoms with E-state index in [0.717, 1.165) is 25.7 Å². The number of aliphatic hydroxyl groups is 1. The van der Waals surface area contributed by atoms with Crippen molar-refractivity contribution in [1.82, 2.24) is 0 Å². The second-order valence-electron chi connectivity index (χ2n) is 8.15. The highest BCUT2D eigenvalue weighted by atomic mass is 16.5. The largest absolute Gasteiger partial charge is 0.496 e. The Hall–Kier alpha value is -1.35. The summed E-state index contributed by atoms with van der Waals surface area (Å²) in [4.78, 5) is 11.9. The second kappa shape index (κ2) is 5.34. The number of aryl methyl sites for hydroxylation is 1. The van der Waals surface area contributed by atoms with E-state index in [1.807, 2.05) is 6.07 Å². The topological polar surface area (TPSA) is 46.5 Å². The van der Waals surface area contributed by atoms with Gasteiger partial charge in [0.15, 0.2) is 5.78 Å². The second-order valence-corrected chi connectivity index (χ2v) is 8.15. The van der Waals surface area contributed by atoms with Gasteiger partial charge < -0.3 is 9.84 Å². The number of rotatable bonds is 2. The summed E-state index contributed by atoms with van der Waals surface area (Å²) in [6.45, 7) is 8.33. The predicted octanol–water partition coefficient (Wildman–Crippen LogP) is 3.90. The maximum Gasteiger partial charge on any atom is 0.163 e. The molecule has 3 nitrogen and oxygen atoms in total. The van der Waals surface area contributed by atoms with E-state index in [2.05, 4.69) is 26.8 Å². The molecule has 2 aliphatic carbocycles. The van der Waals surface area contributed by atoms with Crippen molar-refractivity contribution in [2.24, 2.45) is 11.3 Å². The number of hydrogen-bond acceptors (Lipinski definition) is 3. The van der Waals surface area contributed by atoms with E-state index >= 15 is 0 Å². The molecule has 1 saturated carbocycles. The maximum absolute atomic E-state index is 11.9. The molecule has 3 rings (SSSR count). The summed E-state index contributed by atoms with van der Waals surface area (Å²) in [7, 11) is 1.63. The van der Waals surface area contributed by atoms with Crippen molar-refractivity contribution in [2.45, 2.75) is 64.9 Å². The van der Waals surface area contributed by atoms with Crippen LogP contribution in [0.5, 0.6) is 5.75 Å². The summed E-state index contributed by atoms with van der Waals surface area (Å²) in [6.07, 6.45) is 3.61. The highest BCUT2D eigenvalue weighted by Crippen LogP contribution is 2.57. The van der Waals surface area contributed by atoms with Gasteiger partial charge in [0.25, 0.3) is 0 Å². The molecule has 1 aromatic carbocycles. The number of Topliss-reactive ketones (excluding diaryl/α,β-unsaturated/α-hetero) is 1. The molecule has 3 atom stereocenters. The minimum Gasteiger partial charge on any atom is -0.496 e. The van der Waals surface area contributed by atoms with Crippen LogP contribution < -0.4 is 4.74 Å². The maximum atomic E-state index is 11.9. The number of ether oxygens (including phenoxy) is 1. The van der Waals surface area contributed by atoms with Gasteiger partial charge in [-0.05, 0) is 72.6 Å². The van der Waals surface area contributed by atoms with Gasteiger partial charge in [-0.2, -0.15) is 0 Å². The first-order valence-corrected chi connectivity index (χ1v) is 8.62. The van der Waals surface area contributed by atoms with E-state index < -0.39 is 0 Å². The van der Waals surface area contributed by atoms with Crippen molar-refractivity contribution in [3.05, 3.63) is 28.8 Å². The monoisotopic (exact) mass is 316 g/mol. The Morgan fingerprint density at radius 3 is 2.57 bits per heavy atom. The number of carbonyl (C=O) groups excluding carboxylic acids is 1. The van der Waals surface area contributed by atoms with E-state index in [-0.39, 0.29) is 22.7 Å². The van der Waals surface area contributed by atoms with Gasteiger partial charge in [-0.3, -0.25) is 4.79 Å². The first-order valence-electron chi connectivity index (χ1n) is 8.62. The molecule has 2 aliphatic rings. The van der Waals surface area contributed by atoms with Crippen LogP contribution in [0.25, 0.3) is 0 Å². The molecular formula is C20H28O3. The number of ketones is 1. The van der Waals surface area contributed by atoms with Crippen LogP contribution in [0.4, 0.5) is 0 Å².